The number of phenols is 1. The summed E-state index contributed by atoms with van der Waals surface area (Å²) in [6.45, 7) is 5.84. The number of hydrogen-bond donors (Lipinski definition) is 2. The van der Waals surface area contributed by atoms with E-state index in [4.69, 9.17) is 0 Å². The maximum atomic E-state index is 9.97. The summed E-state index contributed by atoms with van der Waals surface area (Å²) in [4.78, 5) is 3.43. The number of allylic oxidation sites excluding steroid dienone is 1. The second-order valence-corrected chi connectivity index (χ2v) is 4.60. The summed E-state index contributed by atoms with van der Waals surface area (Å²) in [7, 11) is 0. The Bertz CT molecular complexity index is 752. The molecule has 0 aliphatic carbocycles. The zero-order valence-electron chi connectivity index (χ0n) is 10.3. The van der Waals surface area contributed by atoms with Crippen molar-refractivity contribution in [3.05, 3.63) is 54.1 Å². The van der Waals surface area contributed by atoms with Gasteiger partial charge in [0, 0.05) is 21.9 Å². The van der Waals surface area contributed by atoms with Crippen LogP contribution in [-0.4, -0.2) is 10.1 Å². The number of aromatic nitrogens is 1. The number of hydrogen-bond acceptors (Lipinski definition) is 1. The predicted octanol–water partition coefficient (Wildman–Crippen LogP) is 4.06. The van der Waals surface area contributed by atoms with E-state index in [2.05, 4.69) is 36.7 Å². The molecule has 2 heteroatoms. The lowest BCUT2D eigenvalue weighted by Gasteiger charge is -2.03. The van der Waals surface area contributed by atoms with Gasteiger partial charge in [0.25, 0.3) is 0 Å². The van der Waals surface area contributed by atoms with Crippen LogP contribution in [-0.2, 0) is 6.42 Å². The number of aromatic amines is 1. The predicted molar refractivity (Wildman–Crippen MR) is 76.1 cm³/mol. The Morgan fingerprint density at radius 1 is 1.17 bits per heavy atom. The Balaban J connectivity index is 2.49. The lowest BCUT2D eigenvalue weighted by molar-refractivity contribution is 0.471. The van der Waals surface area contributed by atoms with Gasteiger partial charge in [-0.2, -0.15) is 0 Å². The van der Waals surface area contributed by atoms with Gasteiger partial charge in [0.1, 0.15) is 5.75 Å². The van der Waals surface area contributed by atoms with Crippen molar-refractivity contribution in [2.24, 2.45) is 0 Å². The van der Waals surface area contributed by atoms with Gasteiger partial charge >= 0.3 is 0 Å². The molecule has 0 atom stereocenters. The maximum absolute atomic E-state index is 9.97. The summed E-state index contributed by atoms with van der Waals surface area (Å²) in [5.41, 5.74) is 4.29. The topological polar surface area (TPSA) is 36.0 Å². The molecular weight excluding hydrogens is 222 g/mol. The molecule has 2 nitrogen and oxygen atoms in total. The molecule has 0 aliphatic heterocycles. The fourth-order valence-corrected chi connectivity index (χ4v) is 2.54. The Labute approximate surface area is 106 Å². The van der Waals surface area contributed by atoms with Gasteiger partial charge in [0.15, 0.2) is 0 Å². The molecule has 0 bridgehead atoms. The third-order valence-corrected chi connectivity index (χ3v) is 3.45. The molecule has 0 radical (unpaired) electrons. The first-order valence-electron chi connectivity index (χ1n) is 6.05. The van der Waals surface area contributed by atoms with Gasteiger partial charge in [-0.1, -0.05) is 24.3 Å². The first-order chi connectivity index (χ1) is 8.72. The average molecular weight is 237 g/mol. The third kappa shape index (κ3) is 1.42. The van der Waals surface area contributed by atoms with E-state index < -0.39 is 0 Å². The van der Waals surface area contributed by atoms with Crippen LogP contribution in [0.25, 0.3) is 21.8 Å². The molecule has 0 saturated carbocycles. The minimum atomic E-state index is 0.326. The van der Waals surface area contributed by atoms with Crippen molar-refractivity contribution in [1.82, 2.24) is 4.98 Å². The number of aryl methyl sites for hydroxylation is 1. The number of phenolic OH excluding ortho intramolecular Hbond substituents is 1. The van der Waals surface area contributed by atoms with Crippen LogP contribution >= 0.6 is 0 Å². The highest BCUT2D eigenvalue weighted by molar-refractivity contribution is 6.09. The number of fused-ring (bicyclic) bond motifs is 3. The summed E-state index contributed by atoms with van der Waals surface area (Å²) >= 11 is 0. The van der Waals surface area contributed by atoms with Crippen molar-refractivity contribution in [1.29, 1.82) is 0 Å². The molecule has 3 aromatic rings. The number of nitrogens with one attached hydrogen (secondary N) is 1. The monoisotopic (exact) mass is 237 g/mol. The number of benzene rings is 2. The van der Waals surface area contributed by atoms with Crippen LogP contribution in [0.5, 0.6) is 5.75 Å². The highest BCUT2D eigenvalue weighted by Crippen LogP contribution is 2.33. The van der Waals surface area contributed by atoms with E-state index >= 15 is 0 Å². The summed E-state index contributed by atoms with van der Waals surface area (Å²) in [6, 6.07) is 9.98. The quantitative estimate of drug-likeness (QED) is 0.648. The van der Waals surface area contributed by atoms with E-state index in [0.717, 1.165) is 22.0 Å². The van der Waals surface area contributed by atoms with E-state index in [9.17, 15) is 5.11 Å². The first kappa shape index (κ1) is 10.9. The lowest BCUT2D eigenvalue weighted by atomic mass is 10.0. The SMILES string of the molecule is C=CCc1c(O)ccc2c1[nH]c1c(C)cccc12. The number of para-hydroxylation sites is 1. The summed E-state index contributed by atoms with van der Waals surface area (Å²) in [5, 5.41) is 12.3. The third-order valence-electron chi connectivity index (χ3n) is 3.45. The Morgan fingerprint density at radius 3 is 2.72 bits per heavy atom. The van der Waals surface area contributed by atoms with Gasteiger partial charge in [-0.05, 0) is 31.0 Å². The van der Waals surface area contributed by atoms with Crippen LogP contribution in [0.2, 0.25) is 0 Å². The van der Waals surface area contributed by atoms with Crippen molar-refractivity contribution < 1.29 is 5.11 Å². The summed E-state index contributed by atoms with van der Waals surface area (Å²) < 4.78 is 0. The van der Waals surface area contributed by atoms with Crippen LogP contribution < -0.4 is 0 Å². The molecule has 0 fully saturated rings. The Kier molecular flexibility index (Phi) is 2.37. The van der Waals surface area contributed by atoms with Gasteiger partial charge in [-0.3, -0.25) is 0 Å². The van der Waals surface area contributed by atoms with Crippen LogP contribution in [0.15, 0.2) is 43.0 Å². The van der Waals surface area contributed by atoms with E-state index in [1.807, 2.05) is 12.1 Å². The minimum absolute atomic E-state index is 0.326. The molecule has 1 heterocycles. The smallest absolute Gasteiger partial charge is 0.121 e. The number of aromatic hydroxyl groups is 1. The van der Waals surface area contributed by atoms with E-state index in [1.165, 1.54) is 10.9 Å². The molecule has 0 spiro atoms. The van der Waals surface area contributed by atoms with Gasteiger partial charge in [0.05, 0.1) is 5.52 Å². The maximum Gasteiger partial charge on any atom is 0.121 e. The normalized spacial score (nSPS) is 11.2. The number of H-pyrrole nitrogens is 1. The van der Waals surface area contributed by atoms with Gasteiger partial charge in [0.2, 0.25) is 0 Å². The van der Waals surface area contributed by atoms with Gasteiger partial charge in [-0.15, -0.1) is 6.58 Å². The molecule has 3 rings (SSSR count). The molecule has 0 amide bonds. The first-order valence-corrected chi connectivity index (χ1v) is 6.05. The van der Waals surface area contributed by atoms with Crippen LogP contribution in [0, 0.1) is 6.92 Å². The van der Waals surface area contributed by atoms with Gasteiger partial charge in [-0.25, -0.2) is 0 Å². The zero-order chi connectivity index (χ0) is 12.7. The van der Waals surface area contributed by atoms with Crippen LogP contribution in [0.3, 0.4) is 0 Å². The highest BCUT2D eigenvalue weighted by atomic mass is 16.3. The molecule has 1 aromatic heterocycles. The molecule has 2 aromatic carbocycles. The Hall–Kier alpha value is -2.22. The highest BCUT2D eigenvalue weighted by Gasteiger charge is 2.11. The zero-order valence-corrected chi connectivity index (χ0v) is 10.3. The summed E-state index contributed by atoms with van der Waals surface area (Å²) in [6.07, 6.45) is 2.47. The van der Waals surface area contributed by atoms with Gasteiger partial charge < -0.3 is 10.1 Å². The second kappa shape index (κ2) is 3.91. The largest absolute Gasteiger partial charge is 0.508 e. The standard InChI is InChI=1S/C16H15NO/c1-3-5-13-14(18)9-8-12-11-7-4-6-10(2)15(11)17-16(12)13/h3-4,6-9,17-18H,1,5H2,2H3. The summed E-state index contributed by atoms with van der Waals surface area (Å²) in [5.74, 6) is 0.326. The second-order valence-electron chi connectivity index (χ2n) is 4.60. The van der Waals surface area contributed by atoms with E-state index in [0.29, 0.717) is 12.2 Å². The fraction of sp³-hybridized carbons (Fsp3) is 0.125. The van der Waals surface area contributed by atoms with Crippen LogP contribution in [0.4, 0.5) is 0 Å². The fourth-order valence-electron chi connectivity index (χ4n) is 2.54. The minimum Gasteiger partial charge on any atom is -0.508 e. The lowest BCUT2D eigenvalue weighted by Crippen LogP contribution is -1.84. The molecular formula is C16H15NO. The molecule has 0 unspecified atom stereocenters. The Morgan fingerprint density at radius 2 is 1.94 bits per heavy atom. The van der Waals surface area contributed by atoms with Crippen LogP contribution in [0.1, 0.15) is 11.1 Å². The molecule has 2 N–H and O–H groups in total. The van der Waals surface area contributed by atoms with Crippen molar-refractivity contribution in [3.63, 3.8) is 0 Å². The van der Waals surface area contributed by atoms with E-state index in [1.54, 1.807) is 6.07 Å². The van der Waals surface area contributed by atoms with Crippen molar-refractivity contribution >= 4 is 21.8 Å². The van der Waals surface area contributed by atoms with E-state index in [-0.39, 0.29) is 0 Å². The molecule has 18 heavy (non-hydrogen) atoms. The van der Waals surface area contributed by atoms with Crippen molar-refractivity contribution in [3.8, 4) is 5.75 Å². The molecule has 90 valence electrons. The molecule has 0 aliphatic rings. The average Bonchev–Trinajstić information content (AvgIpc) is 2.73. The molecule has 0 saturated heterocycles. The number of rotatable bonds is 2. The van der Waals surface area contributed by atoms with Crippen molar-refractivity contribution in [2.75, 3.05) is 0 Å². The van der Waals surface area contributed by atoms with Crippen molar-refractivity contribution in [2.45, 2.75) is 13.3 Å².